The summed E-state index contributed by atoms with van der Waals surface area (Å²) in [5, 5.41) is 3.19. The molecular formula is C12H15F2NS. The van der Waals surface area contributed by atoms with Gasteiger partial charge in [0, 0.05) is 22.1 Å². The molecule has 0 saturated carbocycles. The standard InChI is InChI=1S/C12H15F2NS/c1-12(2)11(15-3)7-4-5-9(13)10(14)8(7)6-16-12/h4-5,11,15H,6H2,1-3H3. The predicted octanol–water partition coefficient (Wildman–Crippen LogP) is 3.25. The largest absolute Gasteiger partial charge is 0.312 e. The van der Waals surface area contributed by atoms with Gasteiger partial charge in [-0.3, -0.25) is 0 Å². The highest BCUT2D eigenvalue weighted by atomic mass is 32.2. The smallest absolute Gasteiger partial charge is 0.163 e. The SMILES string of the molecule is CNC1c2ccc(F)c(F)c2CSC1(C)C. The molecule has 1 aromatic rings. The van der Waals surface area contributed by atoms with Crippen LogP contribution in [0.1, 0.15) is 31.0 Å². The lowest BCUT2D eigenvalue weighted by Gasteiger charge is -2.39. The summed E-state index contributed by atoms with van der Waals surface area (Å²) in [7, 11) is 1.85. The van der Waals surface area contributed by atoms with Crippen LogP contribution in [0.25, 0.3) is 0 Å². The zero-order valence-electron chi connectivity index (χ0n) is 9.60. The highest BCUT2D eigenvalue weighted by molar-refractivity contribution is 8.00. The second kappa shape index (κ2) is 4.00. The van der Waals surface area contributed by atoms with Crippen molar-refractivity contribution in [3.63, 3.8) is 0 Å². The van der Waals surface area contributed by atoms with E-state index in [-0.39, 0.29) is 10.8 Å². The molecule has 1 atom stereocenters. The Labute approximate surface area is 98.6 Å². The molecular weight excluding hydrogens is 228 g/mol. The fourth-order valence-corrected chi connectivity index (χ4v) is 3.47. The van der Waals surface area contributed by atoms with Gasteiger partial charge in [-0.05, 0) is 32.5 Å². The van der Waals surface area contributed by atoms with Crippen molar-refractivity contribution in [3.05, 3.63) is 34.9 Å². The number of nitrogens with one attached hydrogen (secondary N) is 1. The van der Waals surface area contributed by atoms with Crippen molar-refractivity contribution in [1.29, 1.82) is 0 Å². The summed E-state index contributed by atoms with van der Waals surface area (Å²) in [6.07, 6.45) is 0. The number of hydrogen-bond donors (Lipinski definition) is 1. The van der Waals surface area contributed by atoms with Crippen molar-refractivity contribution in [2.45, 2.75) is 30.4 Å². The molecule has 0 saturated heterocycles. The van der Waals surface area contributed by atoms with E-state index in [0.29, 0.717) is 11.3 Å². The van der Waals surface area contributed by atoms with Gasteiger partial charge in [0.1, 0.15) is 0 Å². The van der Waals surface area contributed by atoms with E-state index in [1.54, 1.807) is 17.8 Å². The molecule has 88 valence electrons. The Bertz CT molecular complexity index is 418. The number of hydrogen-bond acceptors (Lipinski definition) is 2. The molecule has 1 aromatic carbocycles. The maximum Gasteiger partial charge on any atom is 0.163 e. The molecule has 1 aliphatic rings. The van der Waals surface area contributed by atoms with Gasteiger partial charge in [0.05, 0.1) is 0 Å². The minimum absolute atomic E-state index is 0.00792. The molecule has 0 amide bonds. The summed E-state index contributed by atoms with van der Waals surface area (Å²) in [6, 6.07) is 2.96. The Morgan fingerprint density at radius 2 is 2.06 bits per heavy atom. The van der Waals surface area contributed by atoms with Gasteiger partial charge in [0.15, 0.2) is 11.6 Å². The molecule has 0 radical (unpaired) electrons. The van der Waals surface area contributed by atoms with E-state index in [4.69, 9.17) is 0 Å². The van der Waals surface area contributed by atoms with Crippen LogP contribution in [0.2, 0.25) is 0 Å². The monoisotopic (exact) mass is 243 g/mol. The van der Waals surface area contributed by atoms with E-state index in [2.05, 4.69) is 19.2 Å². The molecule has 0 bridgehead atoms. The van der Waals surface area contributed by atoms with Crippen LogP contribution in [0.3, 0.4) is 0 Å². The van der Waals surface area contributed by atoms with Crippen LogP contribution in [0.5, 0.6) is 0 Å². The number of benzene rings is 1. The summed E-state index contributed by atoms with van der Waals surface area (Å²) < 4.78 is 26.7. The van der Waals surface area contributed by atoms with Crippen LogP contribution >= 0.6 is 11.8 Å². The van der Waals surface area contributed by atoms with Gasteiger partial charge in [-0.25, -0.2) is 8.78 Å². The number of halogens is 2. The summed E-state index contributed by atoms with van der Waals surface area (Å²) in [5.41, 5.74) is 1.38. The Balaban J connectivity index is 2.55. The van der Waals surface area contributed by atoms with Crippen LogP contribution in [0.4, 0.5) is 8.78 Å². The lowest BCUT2D eigenvalue weighted by molar-refractivity contribution is 0.454. The molecule has 4 heteroatoms. The quantitative estimate of drug-likeness (QED) is 0.812. The van der Waals surface area contributed by atoms with Crippen molar-refractivity contribution in [1.82, 2.24) is 5.32 Å². The van der Waals surface area contributed by atoms with Crippen molar-refractivity contribution < 1.29 is 8.78 Å². The summed E-state index contributed by atoms with van der Waals surface area (Å²) >= 11 is 1.65. The van der Waals surface area contributed by atoms with E-state index in [1.807, 2.05) is 7.05 Å². The topological polar surface area (TPSA) is 12.0 Å². The Morgan fingerprint density at radius 1 is 1.38 bits per heavy atom. The summed E-state index contributed by atoms with van der Waals surface area (Å²) in [5.74, 6) is -0.918. The van der Waals surface area contributed by atoms with Gasteiger partial charge in [-0.1, -0.05) is 6.07 Å². The molecule has 0 aliphatic carbocycles. The van der Waals surface area contributed by atoms with Crippen molar-refractivity contribution in [2.75, 3.05) is 7.05 Å². The van der Waals surface area contributed by atoms with E-state index in [0.717, 1.165) is 5.56 Å². The first-order chi connectivity index (χ1) is 7.47. The molecule has 16 heavy (non-hydrogen) atoms. The lowest BCUT2D eigenvalue weighted by Crippen LogP contribution is -2.38. The Hall–Kier alpha value is -0.610. The van der Waals surface area contributed by atoms with Crippen LogP contribution in [-0.4, -0.2) is 11.8 Å². The number of fused-ring (bicyclic) bond motifs is 1. The van der Waals surface area contributed by atoms with Gasteiger partial charge in [0.25, 0.3) is 0 Å². The third-order valence-electron chi connectivity index (χ3n) is 3.12. The van der Waals surface area contributed by atoms with Gasteiger partial charge >= 0.3 is 0 Å². The van der Waals surface area contributed by atoms with Crippen molar-refractivity contribution in [2.24, 2.45) is 0 Å². The first kappa shape index (κ1) is 11.9. The Kier molecular flexibility index (Phi) is 2.97. The first-order valence-corrected chi connectivity index (χ1v) is 6.24. The molecule has 0 fully saturated rings. The van der Waals surface area contributed by atoms with Gasteiger partial charge in [-0.2, -0.15) is 0 Å². The van der Waals surface area contributed by atoms with E-state index in [9.17, 15) is 8.78 Å². The van der Waals surface area contributed by atoms with E-state index < -0.39 is 11.6 Å². The molecule has 1 heterocycles. The maximum atomic E-state index is 13.6. The molecule has 1 aliphatic heterocycles. The molecule has 1 N–H and O–H groups in total. The normalized spacial score (nSPS) is 22.9. The van der Waals surface area contributed by atoms with Crippen LogP contribution in [0.15, 0.2) is 12.1 Å². The minimum atomic E-state index is -0.756. The third-order valence-corrected chi connectivity index (χ3v) is 4.53. The minimum Gasteiger partial charge on any atom is -0.312 e. The van der Waals surface area contributed by atoms with Gasteiger partial charge in [0.2, 0.25) is 0 Å². The average molecular weight is 243 g/mol. The molecule has 2 rings (SSSR count). The predicted molar refractivity (Wildman–Crippen MR) is 63.5 cm³/mol. The van der Waals surface area contributed by atoms with Crippen LogP contribution in [-0.2, 0) is 5.75 Å². The van der Waals surface area contributed by atoms with Crippen molar-refractivity contribution >= 4 is 11.8 Å². The second-order valence-corrected chi connectivity index (χ2v) is 6.17. The lowest BCUT2D eigenvalue weighted by atomic mass is 9.91. The van der Waals surface area contributed by atoms with Crippen LogP contribution in [0, 0.1) is 11.6 Å². The Morgan fingerprint density at radius 3 is 2.69 bits per heavy atom. The molecule has 0 aromatic heterocycles. The molecule has 1 nitrogen and oxygen atoms in total. The number of rotatable bonds is 1. The zero-order valence-corrected chi connectivity index (χ0v) is 10.4. The third kappa shape index (κ3) is 1.74. The summed E-state index contributed by atoms with van der Waals surface area (Å²) in [4.78, 5) is 0. The highest BCUT2D eigenvalue weighted by Gasteiger charge is 2.37. The van der Waals surface area contributed by atoms with Crippen LogP contribution < -0.4 is 5.32 Å². The zero-order chi connectivity index (χ0) is 11.9. The van der Waals surface area contributed by atoms with E-state index >= 15 is 0 Å². The van der Waals surface area contributed by atoms with Gasteiger partial charge < -0.3 is 5.32 Å². The first-order valence-electron chi connectivity index (χ1n) is 5.25. The fourth-order valence-electron chi connectivity index (χ4n) is 2.24. The highest BCUT2D eigenvalue weighted by Crippen LogP contribution is 2.46. The molecule has 0 spiro atoms. The second-order valence-electron chi connectivity index (χ2n) is 4.54. The maximum absolute atomic E-state index is 13.6. The fraction of sp³-hybridized carbons (Fsp3) is 0.500. The van der Waals surface area contributed by atoms with Gasteiger partial charge in [-0.15, -0.1) is 11.8 Å². The average Bonchev–Trinajstić information content (AvgIpc) is 2.22. The van der Waals surface area contributed by atoms with E-state index in [1.165, 1.54) is 6.07 Å². The van der Waals surface area contributed by atoms with Crippen molar-refractivity contribution in [3.8, 4) is 0 Å². The number of thioether (sulfide) groups is 1. The summed E-state index contributed by atoms with van der Waals surface area (Å²) in [6.45, 7) is 4.23. The molecule has 1 unspecified atom stereocenters.